The van der Waals surface area contributed by atoms with E-state index in [4.69, 9.17) is 10.8 Å². The highest BCUT2D eigenvalue weighted by Gasteiger charge is 2.12. The molecule has 0 radical (unpaired) electrons. The first kappa shape index (κ1) is 10.6. The van der Waals surface area contributed by atoms with E-state index in [0.29, 0.717) is 12.8 Å². The average Bonchev–Trinajstić information content (AvgIpc) is 2.61. The van der Waals surface area contributed by atoms with Gasteiger partial charge in [0.05, 0.1) is 5.69 Å². The molecule has 1 amide bonds. The quantitative estimate of drug-likeness (QED) is 0.650. The number of hydrogen-bond acceptors (Lipinski definition) is 4. The van der Waals surface area contributed by atoms with Crippen LogP contribution in [0.3, 0.4) is 0 Å². The molecule has 3 N–H and O–H groups in total. The maximum absolute atomic E-state index is 10.8. The Morgan fingerprint density at radius 3 is 3.07 bits per heavy atom. The second-order valence-corrected chi connectivity index (χ2v) is 3.10. The highest BCUT2D eigenvalue weighted by molar-refractivity contribution is 5.77. The third-order valence-corrected chi connectivity index (χ3v) is 1.96. The van der Waals surface area contributed by atoms with Crippen LogP contribution in [0.25, 0.3) is 0 Å². The van der Waals surface area contributed by atoms with E-state index in [1.165, 1.54) is 4.68 Å². The summed E-state index contributed by atoms with van der Waals surface area (Å²) in [5, 5.41) is 16.2. The fourth-order valence-corrected chi connectivity index (χ4v) is 1.01. The summed E-state index contributed by atoms with van der Waals surface area (Å²) in [5.74, 6) is -0.441. The minimum absolute atomic E-state index is 0.123. The molecular weight excluding hydrogens is 184 g/mol. The van der Waals surface area contributed by atoms with Crippen LogP contribution in [0.15, 0.2) is 6.20 Å². The van der Waals surface area contributed by atoms with Gasteiger partial charge in [0.1, 0.15) is 6.04 Å². The van der Waals surface area contributed by atoms with Crippen LogP contribution in [0, 0.1) is 0 Å². The van der Waals surface area contributed by atoms with Crippen LogP contribution in [0.2, 0.25) is 0 Å². The molecule has 0 aliphatic rings. The van der Waals surface area contributed by atoms with Gasteiger partial charge in [-0.1, -0.05) is 5.21 Å². The van der Waals surface area contributed by atoms with Crippen molar-refractivity contribution in [1.82, 2.24) is 15.0 Å². The minimum atomic E-state index is -0.481. The van der Waals surface area contributed by atoms with Gasteiger partial charge < -0.3 is 10.8 Å². The summed E-state index contributed by atoms with van der Waals surface area (Å²) in [6.45, 7) is 1.78. The van der Waals surface area contributed by atoms with Crippen molar-refractivity contribution >= 4 is 5.91 Å². The van der Waals surface area contributed by atoms with Crippen molar-refractivity contribution < 1.29 is 9.90 Å². The Kier molecular flexibility index (Phi) is 3.58. The second-order valence-electron chi connectivity index (χ2n) is 3.10. The summed E-state index contributed by atoms with van der Waals surface area (Å²) in [6, 6.07) is -0.481. The molecule has 0 aromatic carbocycles. The predicted molar refractivity (Wildman–Crippen MR) is 49.3 cm³/mol. The molecule has 6 heteroatoms. The minimum Gasteiger partial charge on any atom is -0.396 e. The fraction of sp³-hybridized carbons (Fsp3) is 0.625. The number of aromatic nitrogens is 3. The van der Waals surface area contributed by atoms with Gasteiger partial charge in [-0.15, -0.1) is 5.10 Å². The van der Waals surface area contributed by atoms with Crippen LogP contribution in [-0.2, 0) is 11.2 Å². The third kappa shape index (κ3) is 2.53. The van der Waals surface area contributed by atoms with Crippen LogP contribution in [0.1, 0.15) is 25.1 Å². The number of primary amides is 1. The molecule has 1 rings (SSSR count). The number of nitrogens with zero attached hydrogens (tertiary/aromatic N) is 3. The maximum Gasteiger partial charge on any atom is 0.242 e. The summed E-state index contributed by atoms with van der Waals surface area (Å²) in [5.41, 5.74) is 5.87. The van der Waals surface area contributed by atoms with Gasteiger partial charge in [0.25, 0.3) is 0 Å². The molecule has 0 bridgehead atoms. The van der Waals surface area contributed by atoms with Crippen LogP contribution in [0.4, 0.5) is 0 Å². The first-order chi connectivity index (χ1) is 6.65. The van der Waals surface area contributed by atoms with Crippen molar-refractivity contribution in [2.24, 2.45) is 5.73 Å². The molecule has 1 heterocycles. The lowest BCUT2D eigenvalue weighted by molar-refractivity contribution is -0.120. The van der Waals surface area contributed by atoms with Crippen molar-refractivity contribution in [3.05, 3.63) is 11.9 Å². The van der Waals surface area contributed by atoms with Gasteiger partial charge in [0, 0.05) is 12.8 Å². The molecule has 1 aromatic rings. The van der Waals surface area contributed by atoms with Crippen LogP contribution in [-0.4, -0.2) is 32.6 Å². The molecule has 0 saturated heterocycles. The van der Waals surface area contributed by atoms with Gasteiger partial charge in [-0.3, -0.25) is 4.79 Å². The van der Waals surface area contributed by atoms with Gasteiger partial charge in [-0.2, -0.15) is 0 Å². The lowest BCUT2D eigenvalue weighted by Crippen LogP contribution is -2.24. The Bertz CT molecular complexity index is 310. The molecule has 78 valence electrons. The lowest BCUT2D eigenvalue weighted by Gasteiger charge is -2.04. The highest BCUT2D eigenvalue weighted by Crippen LogP contribution is 2.04. The van der Waals surface area contributed by atoms with E-state index in [0.717, 1.165) is 5.69 Å². The summed E-state index contributed by atoms with van der Waals surface area (Å²) in [6.07, 6.45) is 2.97. The Hall–Kier alpha value is -1.43. The highest BCUT2D eigenvalue weighted by atomic mass is 16.2. The van der Waals surface area contributed by atoms with E-state index in [1.807, 2.05) is 0 Å². The normalized spacial score (nSPS) is 12.7. The van der Waals surface area contributed by atoms with Gasteiger partial charge in [-0.25, -0.2) is 4.68 Å². The molecule has 14 heavy (non-hydrogen) atoms. The van der Waals surface area contributed by atoms with E-state index < -0.39 is 11.9 Å². The van der Waals surface area contributed by atoms with E-state index in [-0.39, 0.29) is 6.61 Å². The number of amides is 1. The molecule has 6 nitrogen and oxygen atoms in total. The van der Waals surface area contributed by atoms with E-state index in [2.05, 4.69) is 10.3 Å². The van der Waals surface area contributed by atoms with Gasteiger partial charge in [0.2, 0.25) is 5.91 Å². The summed E-state index contributed by atoms with van der Waals surface area (Å²) < 4.78 is 1.43. The number of aryl methyl sites for hydroxylation is 1. The predicted octanol–water partition coefficient (Wildman–Crippen LogP) is -0.751. The Balaban J connectivity index is 2.63. The monoisotopic (exact) mass is 198 g/mol. The van der Waals surface area contributed by atoms with Crippen molar-refractivity contribution in [3.8, 4) is 0 Å². The molecule has 0 aliphatic carbocycles. The van der Waals surface area contributed by atoms with E-state index in [1.54, 1.807) is 13.1 Å². The SMILES string of the molecule is CC(C(N)=O)n1cc(CCCO)nn1. The Morgan fingerprint density at radius 2 is 2.50 bits per heavy atom. The second kappa shape index (κ2) is 4.71. The number of aliphatic hydroxyl groups excluding tert-OH is 1. The van der Waals surface area contributed by atoms with Gasteiger partial charge >= 0.3 is 0 Å². The number of rotatable bonds is 5. The van der Waals surface area contributed by atoms with E-state index >= 15 is 0 Å². The molecule has 1 unspecified atom stereocenters. The van der Waals surface area contributed by atoms with Crippen LogP contribution < -0.4 is 5.73 Å². The third-order valence-electron chi connectivity index (χ3n) is 1.96. The molecule has 0 spiro atoms. The Morgan fingerprint density at radius 1 is 1.79 bits per heavy atom. The maximum atomic E-state index is 10.8. The van der Waals surface area contributed by atoms with Crippen LogP contribution in [0.5, 0.6) is 0 Å². The van der Waals surface area contributed by atoms with Gasteiger partial charge in [-0.05, 0) is 19.8 Å². The largest absolute Gasteiger partial charge is 0.396 e. The van der Waals surface area contributed by atoms with Crippen molar-refractivity contribution in [1.29, 1.82) is 0 Å². The standard InChI is InChI=1S/C8H14N4O2/c1-6(8(9)14)12-5-7(10-11-12)3-2-4-13/h5-6,13H,2-4H2,1H3,(H2,9,14). The van der Waals surface area contributed by atoms with Crippen molar-refractivity contribution in [2.45, 2.75) is 25.8 Å². The summed E-state index contributed by atoms with van der Waals surface area (Å²) in [7, 11) is 0. The average molecular weight is 198 g/mol. The zero-order chi connectivity index (χ0) is 10.6. The smallest absolute Gasteiger partial charge is 0.242 e. The Labute approximate surface area is 81.7 Å². The van der Waals surface area contributed by atoms with Gasteiger partial charge in [0.15, 0.2) is 0 Å². The molecule has 1 aromatic heterocycles. The molecule has 1 atom stereocenters. The first-order valence-electron chi connectivity index (χ1n) is 4.46. The number of hydrogen-bond donors (Lipinski definition) is 2. The zero-order valence-corrected chi connectivity index (χ0v) is 8.05. The molecule has 0 aliphatic heterocycles. The zero-order valence-electron chi connectivity index (χ0n) is 8.05. The van der Waals surface area contributed by atoms with Crippen LogP contribution >= 0.6 is 0 Å². The number of aliphatic hydroxyl groups is 1. The fourth-order valence-electron chi connectivity index (χ4n) is 1.01. The van der Waals surface area contributed by atoms with Crippen molar-refractivity contribution in [3.63, 3.8) is 0 Å². The summed E-state index contributed by atoms with van der Waals surface area (Å²) >= 11 is 0. The lowest BCUT2D eigenvalue weighted by atomic mass is 10.2. The van der Waals surface area contributed by atoms with Crippen molar-refractivity contribution in [2.75, 3.05) is 6.61 Å². The summed E-state index contributed by atoms with van der Waals surface area (Å²) in [4.78, 5) is 10.8. The number of carbonyl (C=O) groups is 1. The number of nitrogens with two attached hydrogens (primary N) is 1. The topological polar surface area (TPSA) is 94.0 Å². The molecular formula is C8H14N4O2. The van der Waals surface area contributed by atoms with E-state index in [9.17, 15) is 4.79 Å². The number of carbonyl (C=O) groups excluding carboxylic acids is 1. The molecule has 0 saturated carbocycles. The molecule has 0 fully saturated rings. The first-order valence-corrected chi connectivity index (χ1v) is 4.46.